The van der Waals surface area contributed by atoms with Crippen molar-refractivity contribution in [3.63, 3.8) is 0 Å². The Balaban J connectivity index is 1.89. The van der Waals surface area contributed by atoms with Gasteiger partial charge in [0.05, 0.1) is 4.92 Å². The lowest BCUT2D eigenvalue weighted by atomic mass is 10.1. The summed E-state index contributed by atoms with van der Waals surface area (Å²) in [4.78, 5) is 33.5. The van der Waals surface area contributed by atoms with Crippen LogP contribution in [0, 0.1) is 10.1 Å². The number of hydrogen-bond acceptors (Lipinski definition) is 5. The third-order valence-corrected chi connectivity index (χ3v) is 3.27. The van der Waals surface area contributed by atoms with Crippen LogP contribution in [0.4, 0.5) is 5.69 Å². The van der Waals surface area contributed by atoms with E-state index in [1.165, 1.54) is 13.0 Å². The first-order chi connectivity index (χ1) is 11.5. The Kier molecular flexibility index (Phi) is 5.62. The van der Waals surface area contributed by atoms with E-state index in [1.54, 1.807) is 42.5 Å². The molecule has 2 aromatic carbocycles. The highest BCUT2D eigenvalue weighted by molar-refractivity contribution is 5.94. The molecule has 1 amide bonds. The highest BCUT2D eigenvalue weighted by atomic mass is 16.6. The van der Waals surface area contributed by atoms with Crippen molar-refractivity contribution in [2.75, 3.05) is 6.61 Å². The molecule has 0 aliphatic rings. The number of Topliss-reactive ketones (excluding diaryl/α,β-unsaturated/α-hetero) is 1. The maximum atomic E-state index is 11.8. The van der Waals surface area contributed by atoms with Crippen molar-refractivity contribution in [3.8, 4) is 5.75 Å². The largest absolute Gasteiger partial charge is 0.484 e. The van der Waals surface area contributed by atoms with Crippen LogP contribution >= 0.6 is 0 Å². The zero-order valence-electron chi connectivity index (χ0n) is 13.0. The van der Waals surface area contributed by atoms with E-state index in [1.807, 2.05) is 0 Å². The molecule has 0 atom stereocenters. The summed E-state index contributed by atoms with van der Waals surface area (Å²) in [6.45, 7) is 1.23. The molecule has 0 bridgehead atoms. The van der Waals surface area contributed by atoms with Crippen molar-refractivity contribution in [2.24, 2.45) is 0 Å². The van der Waals surface area contributed by atoms with Crippen LogP contribution in [0.5, 0.6) is 5.75 Å². The highest BCUT2D eigenvalue weighted by Crippen LogP contribution is 2.17. The predicted molar refractivity (Wildman–Crippen MR) is 86.9 cm³/mol. The number of rotatable bonds is 7. The van der Waals surface area contributed by atoms with E-state index < -0.39 is 10.8 Å². The average molecular weight is 328 g/mol. The van der Waals surface area contributed by atoms with E-state index in [-0.39, 0.29) is 24.6 Å². The molecule has 0 saturated carbocycles. The molecule has 7 nitrogen and oxygen atoms in total. The Morgan fingerprint density at radius 3 is 2.62 bits per heavy atom. The molecule has 2 rings (SSSR count). The number of amides is 1. The molecule has 0 radical (unpaired) electrons. The van der Waals surface area contributed by atoms with Crippen LogP contribution in [0.25, 0.3) is 0 Å². The molecular formula is C17H16N2O5. The van der Waals surface area contributed by atoms with Crippen LogP contribution in [0.3, 0.4) is 0 Å². The first-order valence-corrected chi connectivity index (χ1v) is 7.20. The summed E-state index contributed by atoms with van der Waals surface area (Å²) in [5, 5.41) is 13.5. The molecule has 0 unspecified atom stereocenters. The Morgan fingerprint density at radius 1 is 1.17 bits per heavy atom. The van der Waals surface area contributed by atoms with Crippen LogP contribution in [0.15, 0.2) is 48.5 Å². The van der Waals surface area contributed by atoms with Crippen molar-refractivity contribution >= 4 is 17.4 Å². The van der Waals surface area contributed by atoms with Gasteiger partial charge in [-0.1, -0.05) is 30.3 Å². The molecule has 0 spiro atoms. The summed E-state index contributed by atoms with van der Waals surface area (Å²) < 4.78 is 5.33. The predicted octanol–water partition coefficient (Wildman–Crippen LogP) is 2.49. The minimum atomic E-state index is -0.495. The van der Waals surface area contributed by atoms with Crippen molar-refractivity contribution in [1.29, 1.82) is 0 Å². The molecule has 0 aliphatic heterocycles. The van der Waals surface area contributed by atoms with Gasteiger partial charge in [-0.2, -0.15) is 0 Å². The lowest BCUT2D eigenvalue weighted by Gasteiger charge is -2.08. The molecule has 1 N–H and O–H groups in total. The number of nitro groups is 1. The third kappa shape index (κ3) is 4.64. The van der Waals surface area contributed by atoms with Gasteiger partial charge < -0.3 is 10.1 Å². The summed E-state index contributed by atoms with van der Waals surface area (Å²) in [6.07, 6.45) is 0. The number of carbonyl (C=O) groups excluding carboxylic acids is 2. The van der Waals surface area contributed by atoms with Gasteiger partial charge in [-0.3, -0.25) is 19.7 Å². The Hall–Kier alpha value is -3.22. The fourth-order valence-electron chi connectivity index (χ4n) is 2.04. The molecular weight excluding hydrogens is 312 g/mol. The number of benzene rings is 2. The standard InChI is InChI=1S/C17H16N2O5/c1-12(20)13-6-4-7-15(9-13)24-11-17(21)18-10-14-5-2-3-8-16(14)19(22)23/h2-9H,10-11H2,1H3,(H,18,21). The minimum Gasteiger partial charge on any atom is -0.484 e. The molecule has 7 heteroatoms. The molecule has 0 aromatic heterocycles. The van der Waals surface area contributed by atoms with Gasteiger partial charge in [-0.25, -0.2) is 0 Å². The molecule has 0 heterocycles. The van der Waals surface area contributed by atoms with Crippen molar-refractivity contribution in [2.45, 2.75) is 13.5 Å². The molecule has 124 valence electrons. The average Bonchev–Trinajstić information content (AvgIpc) is 2.58. The summed E-state index contributed by atoms with van der Waals surface area (Å²) in [6, 6.07) is 12.7. The summed E-state index contributed by atoms with van der Waals surface area (Å²) >= 11 is 0. The second-order valence-corrected chi connectivity index (χ2v) is 5.04. The normalized spacial score (nSPS) is 10.0. The number of ketones is 1. The Bertz CT molecular complexity index is 773. The Labute approximate surface area is 138 Å². The fourth-order valence-corrected chi connectivity index (χ4v) is 2.04. The van der Waals surface area contributed by atoms with Gasteiger partial charge >= 0.3 is 0 Å². The Morgan fingerprint density at radius 2 is 1.92 bits per heavy atom. The van der Waals surface area contributed by atoms with Gasteiger partial charge in [0.1, 0.15) is 5.75 Å². The maximum Gasteiger partial charge on any atom is 0.274 e. The van der Waals surface area contributed by atoms with E-state index in [2.05, 4.69) is 5.32 Å². The van der Waals surface area contributed by atoms with E-state index in [9.17, 15) is 19.7 Å². The van der Waals surface area contributed by atoms with Gasteiger partial charge in [0, 0.05) is 23.7 Å². The van der Waals surface area contributed by atoms with E-state index in [0.717, 1.165) is 0 Å². The van der Waals surface area contributed by atoms with E-state index >= 15 is 0 Å². The molecule has 2 aromatic rings. The smallest absolute Gasteiger partial charge is 0.274 e. The molecule has 24 heavy (non-hydrogen) atoms. The fraction of sp³-hybridized carbons (Fsp3) is 0.176. The zero-order chi connectivity index (χ0) is 17.5. The van der Waals surface area contributed by atoms with E-state index in [0.29, 0.717) is 16.9 Å². The lowest BCUT2D eigenvalue weighted by molar-refractivity contribution is -0.385. The van der Waals surface area contributed by atoms with Gasteiger partial charge in [-0.15, -0.1) is 0 Å². The zero-order valence-corrected chi connectivity index (χ0v) is 13.0. The van der Waals surface area contributed by atoms with Crippen molar-refractivity contribution in [1.82, 2.24) is 5.32 Å². The first-order valence-electron chi connectivity index (χ1n) is 7.20. The van der Waals surface area contributed by atoms with Crippen LogP contribution < -0.4 is 10.1 Å². The molecule has 0 aliphatic carbocycles. The van der Waals surface area contributed by atoms with Gasteiger partial charge in [0.25, 0.3) is 11.6 Å². The summed E-state index contributed by atoms with van der Waals surface area (Å²) in [7, 11) is 0. The quantitative estimate of drug-likeness (QED) is 0.478. The van der Waals surface area contributed by atoms with Crippen LogP contribution in [-0.2, 0) is 11.3 Å². The number of nitrogens with zero attached hydrogens (tertiary/aromatic N) is 1. The van der Waals surface area contributed by atoms with Gasteiger partial charge in [0.15, 0.2) is 12.4 Å². The maximum absolute atomic E-state index is 11.8. The van der Waals surface area contributed by atoms with Crippen molar-refractivity contribution in [3.05, 3.63) is 69.8 Å². The van der Waals surface area contributed by atoms with Crippen LogP contribution in [0.2, 0.25) is 0 Å². The number of para-hydroxylation sites is 1. The SMILES string of the molecule is CC(=O)c1cccc(OCC(=O)NCc2ccccc2[N+](=O)[O-])c1. The topological polar surface area (TPSA) is 98.5 Å². The molecule has 0 fully saturated rings. The molecule has 0 saturated heterocycles. The van der Waals surface area contributed by atoms with Crippen molar-refractivity contribution < 1.29 is 19.2 Å². The number of hydrogen-bond donors (Lipinski definition) is 1. The second-order valence-electron chi connectivity index (χ2n) is 5.04. The third-order valence-electron chi connectivity index (χ3n) is 3.27. The minimum absolute atomic E-state index is 0.0346. The second kappa shape index (κ2) is 7.87. The number of nitro benzene ring substituents is 1. The first kappa shape index (κ1) is 17.1. The van der Waals surface area contributed by atoms with Crippen LogP contribution in [0.1, 0.15) is 22.8 Å². The summed E-state index contributed by atoms with van der Waals surface area (Å²) in [5.41, 5.74) is 0.857. The lowest BCUT2D eigenvalue weighted by Crippen LogP contribution is -2.28. The number of carbonyl (C=O) groups is 2. The monoisotopic (exact) mass is 328 g/mol. The summed E-state index contributed by atoms with van der Waals surface area (Å²) in [5.74, 6) is -0.105. The van der Waals surface area contributed by atoms with E-state index in [4.69, 9.17) is 4.74 Å². The number of ether oxygens (including phenoxy) is 1. The highest BCUT2D eigenvalue weighted by Gasteiger charge is 2.13. The van der Waals surface area contributed by atoms with Gasteiger partial charge in [-0.05, 0) is 19.1 Å². The van der Waals surface area contributed by atoms with Crippen LogP contribution in [-0.4, -0.2) is 23.2 Å². The van der Waals surface area contributed by atoms with Gasteiger partial charge in [0.2, 0.25) is 0 Å². The number of nitrogens with one attached hydrogen (secondary N) is 1.